The molecule has 5 rings (SSSR count). The predicted octanol–water partition coefficient (Wildman–Crippen LogP) is 1.25. The summed E-state index contributed by atoms with van der Waals surface area (Å²) in [4.78, 5) is 23.8. The average Bonchev–Trinajstić information content (AvgIpc) is 2.65. The van der Waals surface area contributed by atoms with Gasteiger partial charge >= 0.3 is 5.91 Å². The van der Waals surface area contributed by atoms with Crippen molar-refractivity contribution >= 4 is 17.4 Å². The first kappa shape index (κ1) is 11.2. The first-order chi connectivity index (χ1) is 9.11. The van der Waals surface area contributed by atoms with Crippen LogP contribution in [-0.4, -0.2) is 27.9 Å². The number of nitrogens with zero attached hydrogens (tertiary/aromatic N) is 3. The quantitative estimate of drug-likeness (QED) is 0.663. The minimum Gasteiger partial charge on any atom is -0.280 e. The van der Waals surface area contributed by atoms with E-state index in [-0.39, 0.29) is 11.3 Å². The van der Waals surface area contributed by atoms with E-state index in [9.17, 15) is 9.59 Å². The van der Waals surface area contributed by atoms with E-state index in [1.807, 2.05) is 0 Å². The minimum absolute atomic E-state index is 0.235. The molecule has 0 aromatic rings. The van der Waals surface area contributed by atoms with Gasteiger partial charge in [0, 0.05) is 0 Å². The van der Waals surface area contributed by atoms with E-state index in [2.05, 4.69) is 5.10 Å². The molecule has 0 spiro atoms. The van der Waals surface area contributed by atoms with Crippen LogP contribution in [0.15, 0.2) is 5.10 Å². The van der Waals surface area contributed by atoms with E-state index < -0.39 is 11.7 Å². The number of amides is 1. The normalized spacial score (nSPS) is 43.6. The van der Waals surface area contributed by atoms with Crippen molar-refractivity contribution in [2.45, 2.75) is 44.1 Å². The fourth-order valence-corrected chi connectivity index (χ4v) is 5.11. The maximum Gasteiger partial charge on any atom is 0.318 e. The van der Waals surface area contributed by atoms with E-state index in [0.717, 1.165) is 19.3 Å². The number of hydrogen-bond acceptors (Lipinski definition) is 4. The molecular weight excluding hydrogens is 242 g/mol. The highest BCUT2D eigenvalue weighted by molar-refractivity contribution is 6.69. The van der Waals surface area contributed by atoms with Gasteiger partial charge in [0.25, 0.3) is 5.78 Å². The molecule has 0 aromatic carbocycles. The van der Waals surface area contributed by atoms with E-state index in [1.165, 1.54) is 24.3 Å². The van der Waals surface area contributed by atoms with E-state index in [0.29, 0.717) is 17.8 Å². The number of ketones is 1. The smallest absolute Gasteiger partial charge is 0.280 e. The van der Waals surface area contributed by atoms with Crippen LogP contribution in [-0.2, 0) is 9.59 Å². The molecule has 0 N–H and O–H groups in total. The molecule has 4 fully saturated rings. The second-order valence-electron chi connectivity index (χ2n) is 6.65. The van der Waals surface area contributed by atoms with Crippen LogP contribution in [0.4, 0.5) is 0 Å². The summed E-state index contributed by atoms with van der Waals surface area (Å²) >= 11 is 0. The molecule has 1 aliphatic heterocycles. The first-order valence-corrected chi connectivity index (χ1v) is 6.99. The molecule has 1 heterocycles. The number of hydrazone groups is 1. The summed E-state index contributed by atoms with van der Waals surface area (Å²) in [5, 5.41) is 14.3. The van der Waals surface area contributed by atoms with Crippen LogP contribution in [0.2, 0.25) is 0 Å². The molecule has 5 nitrogen and oxygen atoms in total. The van der Waals surface area contributed by atoms with Crippen molar-refractivity contribution in [3.8, 4) is 6.07 Å². The van der Waals surface area contributed by atoms with Crippen molar-refractivity contribution in [2.24, 2.45) is 22.9 Å². The Labute approximate surface area is 111 Å². The number of carbonyl (C=O) groups is 2. The van der Waals surface area contributed by atoms with Gasteiger partial charge in [-0.2, -0.15) is 10.4 Å². The third-order valence-electron chi connectivity index (χ3n) is 5.36. The van der Waals surface area contributed by atoms with Gasteiger partial charge in [-0.15, -0.1) is 0 Å². The van der Waals surface area contributed by atoms with Gasteiger partial charge in [0.2, 0.25) is 5.71 Å². The lowest BCUT2D eigenvalue weighted by Gasteiger charge is -2.58. The van der Waals surface area contributed by atoms with Crippen LogP contribution >= 0.6 is 0 Å². The molecule has 5 heteroatoms. The molecule has 4 aliphatic carbocycles. The Bertz CT molecular complexity index is 522. The molecule has 0 radical (unpaired) electrons. The molecule has 98 valence electrons. The summed E-state index contributed by atoms with van der Waals surface area (Å²) in [6.45, 7) is 0. The van der Waals surface area contributed by atoms with Crippen LogP contribution in [0.3, 0.4) is 0 Å². The van der Waals surface area contributed by atoms with Crippen LogP contribution < -0.4 is 0 Å². The van der Waals surface area contributed by atoms with Crippen LogP contribution in [0.5, 0.6) is 0 Å². The Morgan fingerprint density at radius 2 is 1.63 bits per heavy atom. The molecule has 4 saturated carbocycles. The van der Waals surface area contributed by atoms with E-state index in [1.54, 1.807) is 6.07 Å². The summed E-state index contributed by atoms with van der Waals surface area (Å²) in [6.07, 6.45) is 6.68. The fraction of sp³-hybridized carbons (Fsp3) is 0.714. The molecule has 0 aromatic heterocycles. The van der Waals surface area contributed by atoms with Gasteiger partial charge in [0.1, 0.15) is 6.07 Å². The van der Waals surface area contributed by atoms with Gasteiger partial charge in [0.05, 0.1) is 5.54 Å². The van der Waals surface area contributed by atoms with Gasteiger partial charge in [-0.25, -0.2) is 5.01 Å². The highest BCUT2D eigenvalue weighted by atomic mass is 16.2. The number of hydrogen-bond donors (Lipinski definition) is 0. The van der Waals surface area contributed by atoms with Gasteiger partial charge in [-0.05, 0) is 56.3 Å². The van der Waals surface area contributed by atoms with Gasteiger partial charge in [0.15, 0.2) is 0 Å². The zero-order chi connectivity index (χ0) is 13.2. The third kappa shape index (κ3) is 1.37. The van der Waals surface area contributed by atoms with Gasteiger partial charge in [-0.3, -0.25) is 9.59 Å². The zero-order valence-electron chi connectivity index (χ0n) is 10.6. The van der Waals surface area contributed by atoms with Crippen LogP contribution in [0.25, 0.3) is 0 Å². The summed E-state index contributed by atoms with van der Waals surface area (Å²) in [6, 6.07) is 1.74. The van der Waals surface area contributed by atoms with E-state index in [4.69, 9.17) is 5.26 Å². The Morgan fingerprint density at radius 3 is 2.05 bits per heavy atom. The third-order valence-corrected chi connectivity index (χ3v) is 5.36. The summed E-state index contributed by atoms with van der Waals surface area (Å²) in [5.74, 6) is 0.721. The standard InChI is InChI=1S/C14H15N3O2/c15-7-11-12(18)13(19)17(16-11)14-4-8-1-9(5-14)3-10(2-8)6-14/h8-10H,1-6H2. The highest BCUT2D eigenvalue weighted by Gasteiger charge is 2.57. The second-order valence-corrected chi connectivity index (χ2v) is 6.65. The Kier molecular flexibility index (Phi) is 2.02. The van der Waals surface area contributed by atoms with E-state index >= 15 is 0 Å². The summed E-state index contributed by atoms with van der Waals surface area (Å²) in [5.41, 5.74) is -0.499. The zero-order valence-corrected chi connectivity index (χ0v) is 10.6. The van der Waals surface area contributed by atoms with Crippen molar-refractivity contribution in [1.29, 1.82) is 5.26 Å². The van der Waals surface area contributed by atoms with Gasteiger partial charge in [-0.1, -0.05) is 0 Å². The van der Waals surface area contributed by atoms with Crippen molar-refractivity contribution in [3.63, 3.8) is 0 Å². The number of nitriles is 1. The molecule has 0 saturated heterocycles. The van der Waals surface area contributed by atoms with Crippen LogP contribution in [0, 0.1) is 29.1 Å². The number of rotatable bonds is 1. The average molecular weight is 257 g/mol. The first-order valence-electron chi connectivity index (χ1n) is 6.99. The number of carbonyl (C=O) groups excluding carboxylic acids is 2. The molecule has 1 amide bonds. The largest absolute Gasteiger partial charge is 0.318 e. The van der Waals surface area contributed by atoms with Crippen molar-refractivity contribution in [1.82, 2.24) is 5.01 Å². The van der Waals surface area contributed by atoms with Crippen LogP contribution in [0.1, 0.15) is 38.5 Å². The lowest BCUT2D eigenvalue weighted by molar-refractivity contribution is -0.153. The molecule has 19 heavy (non-hydrogen) atoms. The Balaban J connectivity index is 1.73. The Morgan fingerprint density at radius 1 is 1.11 bits per heavy atom. The lowest BCUT2D eigenvalue weighted by Crippen LogP contribution is -2.59. The van der Waals surface area contributed by atoms with Gasteiger partial charge < -0.3 is 0 Å². The lowest BCUT2D eigenvalue weighted by atomic mass is 9.53. The summed E-state index contributed by atoms with van der Waals surface area (Å²) < 4.78 is 0. The number of Topliss-reactive ketones (excluding diaryl/α,β-unsaturated/α-hetero) is 1. The predicted molar refractivity (Wildman–Crippen MR) is 65.8 cm³/mol. The monoisotopic (exact) mass is 257 g/mol. The molecule has 0 atom stereocenters. The van der Waals surface area contributed by atoms with Crippen molar-refractivity contribution in [3.05, 3.63) is 0 Å². The molecule has 0 unspecified atom stereocenters. The fourth-order valence-electron chi connectivity index (χ4n) is 5.11. The van der Waals surface area contributed by atoms with Crippen molar-refractivity contribution in [2.75, 3.05) is 0 Å². The minimum atomic E-state index is -0.724. The topological polar surface area (TPSA) is 73.5 Å². The molecule has 5 aliphatic rings. The highest BCUT2D eigenvalue weighted by Crippen LogP contribution is 2.58. The van der Waals surface area contributed by atoms with Crippen molar-refractivity contribution < 1.29 is 9.59 Å². The maximum atomic E-state index is 12.1. The summed E-state index contributed by atoms with van der Waals surface area (Å²) in [7, 11) is 0. The molecule has 4 bridgehead atoms. The Hall–Kier alpha value is -1.70. The SMILES string of the molecule is N#CC1=NN(C23CC4CC(CC(C4)C2)C3)C(=O)C1=O. The molecular formula is C14H15N3O2. The maximum absolute atomic E-state index is 12.1. The second kappa shape index (κ2) is 3.44.